The van der Waals surface area contributed by atoms with Crippen molar-refractivity contribution < 1.29 is 14.3 Å². The molecule has 0 spiro atoms. The molecule has 1 N–H and O–H groups in total. The molecule has 0 aromatic rings. The van der Waals surface area contributed by atoms with Gasteiger partial charge >= 0.3 is 5.97 Å². The van der Waals surface area contributed by atoms with Crippen LogP contribution in [0.15, 0.2) is 0 Å². The van der Waals surface area contributed by atoms with E-state index in [1.165, 1.54) is 7.11 Å². The first-order valence-corrected chi connectivity index (χ1v) is 5.89. The van der Waals surface area contributed by atoms with Gasteiger partial charge in [-0.3, -0.25) is 4.79 Å². The molecule has 0 saturated carbocycles. The van der Waals surface area contributed by atoms with E-state index in [1.54, 1.807) is 7.05 Å². The molecule has 0 aromatic carbocycles. The summed E-state index contributed by atoms with van der Waals surface area (Å²) in [6.45, 7) is 6.57. The van der Waals surface area contributed by atoms with Crippen LogP contribution in [-0.4, -0.2) is 38.4 Å². The number of carbonyl (C=O) groups is 1. The molecular formula is C12H25NO3. The lowest BCUT2D eigenvalue weighted by Crippen LogP contribution is -2.49. The molecule has 0 amide bonds. The van der Waals surface area contributed by atoms with Crippen molar-refractivity contribution in [3.63, 3.8) is 0 Å². The van der Waals surface area contributed by atoms with Crippen LogP contribution in [0, 0.1) is 0 Å². The van der Waals surface area contributed by atoms with Crippen LogP contribution in [0.2, 0.25) is 0 Å². The van der Waals surface area contributed by atoms with Gasteiger partial charge in [0.2, 0.25) is 0 Å². The molecule has 0 saturated heterocycles. The van der Waals surface area contributed by atoms with Gasteiger partial charge in [0, 0.05) is 6.61 Å². The van der Waals surface area contributed by atoms with E-state index in [1.807, 2.05) is 6.92 Å². The third-order valence-electron chi connectivity index (χ3n) is 2.89. The number of hydrogen-bond donors (Lipinski definition) is 1. The van der Waals surface area contributed by atoms with Gasteiger partial charge in [0.05, 0.1) is 13.2 Å². The van der Waals surface area contributed by atoms with Crippen molar-refractivity contribution in [3.05, 3.63) is 0 Å². The number of ether oxygens (including phenoxy) is 2. The highest BCUT2D eigenvalue weighted by Gasteiger charge is 2.32. The molecule has 0 fully saturated rings. The zero-order valence-corrected chi connectivity index (χ0v) is 11.1. The van der Waals surface area contributed by atoms with Crippen molar-refractivity contribution in [2.75, 3.05) is 20.8 Å². The largest absolute Gasteiger partial charge is 0.468 e. The van der Waals surface area contributed by atoms with Gasteiger partial charge in [0.15, 0.2) is 0 Å². The average Bonchev–Trinajstić information content (AvgIpc) is 2.28. The van der Waals surface area contributed by atoms with Crippen LogP contribution < -0.4 is 5.32 Å². The number of esters is 1. The second-order valence-corrected chi connectivity index (χ2v) is 4.29. The Balaban J connectivity index is 4.00. The van der Waals surface area contributed by atoms with Gasteiger partial charge in [-0.15, -0.1) is 0 Å². The Morgan fingerprint density at radius 1 is 1.50 bits per heavy atom. The fourth-order valence-electron chi connectivity index (χ4n) is 1.51. The van der Waals surface area contributed by atoms with Crippen molar-refractivity contribution in [2.45, 2.75) is 51.7 Å². The first-order chi connectivity index (χ1) is 7.50. The molecule has 0 aliphatic heterocycles. The lowest BCUT2D eigenvalue weighted by atomic mass is 9.99. The third-order valence-corrected chi connectivity index (χ3v) is 2.89. The standard InChI is InChI=1S/C12H25NO3/c1-6-7-10(2)16-9-8-12(3,13-4)11(14)15-5/h10,13H,6-9H2,1-5H3. The van der Waals surface area contributed by atoms with Gasteiger partial charge in [-0.1, -0.05) is 13.3 Å². The molecule has 0 aliphatic carbocycles. The van der Waals surface area contributed by atoms with Crippen LogP contribution in [0.1, 0.15) is 40.0 Å². The summed E-state index contributed by atoms with van der Waals surface area (Å²) in [5.74, 6) is -0.248. The molecular weight excluding hydrogens is 206 g/mol. The Bertz CT molecular complexity index is 208. The molecule has 0 rings (SSSR count). The molecule has 4 nitrogen and oxygen atoms in total. The minimum atomic E-state index is -0.652. The second kappa shape index (κ2) is 7.63. The molecule has 0 radical (unpaired) electrons. The van der Waals surface area contributed by atoms with Crippen LogP contribution in [0.5, 0.6) is 0 Å². The first-order valence-electron chi connectivity index (χ1n) is 5.89. The summed E-state index contributed by atoms with van der Waals surface area (Å²) >= 11 is 0. The van der Waals surface area contributed by atoms with E-state index in [0.717, 1.165) is 12.8 Å². The zero-order valence-electron chi connectivity index (χ0n) is 11.1. The zero-order chi connectivity index (χ0) is 12.6. The topological polar surface area (TPSA) is 47.6 Å². The van der Waals surface area contributed by atoms with Crippen molar-refractivity contribution in [1.29, 1.82) is 0 Å². The SMILES string of the molecule is CCCC(C)OCCC(C)(NC)C(=O)OC. The Kier molecular flexibility index (Phi) is 7.34. The van der Waals surface area contributed by atoms with E-state index in [0.29, 0.717) is 13.0 Å². The fourth-order valence-corrected chi connectivity index (χ4v) is 1.51. The van der Waals surface area contributed by atoms with Gasteiger partial charge < -0.3 is 14.8 Å². The Hall–Kier alpha value is -0.610. The maximum absolute atomic E-state index is 11.5. The summed E-state index contributed by atoms with van der Waals surface area (Å²) in [6.07, 6.45) is 3.03. The van der Waals surface area contributed by atoms with Crippen LogP contribution in [0.3, 0.4) is 0 Å². The molecule has 96 valence electrons. The quantitative estimate of drug-likeness (QED) is 0.646. The molecule has 0 aromatic heterocycles. The smallest absolute Gasteiger partial charge is 0.325 e. The van der Waals surface area contributed by atoms with E-state index >= 15 is 0 Å². The Labute approximate surface area is 98.7 Å². The van der Waals surface area contributed by atoms with Crippen LogP contribution in [0.25, 0.3) is 0 Å². The van der Waals surface area contributed by atoms with E-state index in [4.69, 9.17) is 9.47 Å². The van der Waals surface area contributed by atoms with E-state index in [9.17, 15) is 4.79 Å². The summed E-state index contributed by atoms with van der Waals surface area (Å²) < 4.78 is 10.4. The van der Waals surface area contributed by atoms with E-state index in [2.05, 4.69) is 19.2 Å². The van der Waals surface area contributed by atoms with Crippen LogP contribution in [-0.2, 0) is 14.3 Å². The minimum Gasteiger partial charge on any atom is -0.468 e. The molecule has 0 bridgehead atoms. The van der Waals surface area contributed by atoms with Gasteiger partial charge in [0.25, 0.3) is 0 Å². The van der Waals surface area contributed by atoms with Gasteiger partial charge in [0.1, 0.15) is 5.54 Å². The van der Waals surface area contributed by atoms with E-state index < -0.39 is 5.54 Å². The average molecular weight is 231 g/mol. The normalized spacial score (nSPS) is 16.6. The molecule has 0 heterocycles. The molecule has 4 heteroatoms. The highest BCUT2D eigenvalue weighted by Crippen LogP contribution is 2.12. The highest BCUT2D eigenvalue weighted by molar-refractivity contribution is 5.80. The molecule has 2 atom stereocenters. The number of hydrogen-bond acceptors (Lipinski definition) is 4. The van der Waals surface area contributed by atoms with Gasteiger partial charge in [-0.05, 0) is 33.7 Å². The minimum absolute atomic E-state index is 0.248. The molecule has 0 aliphatic rings. The lowest BCUT2D eigenvalue weighted by molar-refractivity contribution is -0.148. The summed E-state index contributed by atoms with van der Waals surface area (Å²) in [7, 11) is 3.16. The predicted octanol–water partition coefficient (Wildman–Crippen LogP) is 1.73. The number of rotatable bonds is 8. The monoisotopic (exact) mass is 231 g/mol. The molecule has 16 heavy (non-hydrogen) atoms. The Morgan fingerprint density at radius 2 is 2.12 bits per heavy atom. The van der Waals surface area contributed by atoms with Crippen molar-refractivity contribution >= 4 is 5.97 Å². The van der Waals surface area contributed by atoms with Gasteiger partial charge in [-0.25, -0.2) is 0 Å². The van der Waals surface area contributed by atoms with Crippen molar-refractivity contribution in [3.8, 4) is 0 Å². The van der Waals surface area contributed by atoms with Gasteiger partial charge in [-0.2, -0.15) is 0 Å². The summed E-state index contributed by atoms with van der Waals surface area (Å²) in [4.78, 5) is 11.5. The van der Waals surface area contributed by atoms with Crippen molar-refractivity contribution in [2.24, 2.45) is 0 Å². The van der Waals surface area contributed by atoms with E-state index in [-0.39, 0.29) is 12.1 Å². The predicted molar refractivity (Wildman–Crippen MR) is 64.4 cm³/mol. The summed E-state index contributed by atoms with van der Waals surface area (Å²) in [5.41, 5.74) is -0.652. The first kappa shape index (κ1) is 15.4. The number of likely N-dealkylation sites (N-methyl/N-ethyl adjacent to an activating group) is 1. The summed E-state index contributed by atoms with van der Waals surface area (Å²) in [5, 5.41) is 2.98. The second-order valence-electron chi connectivity index (χ2n) is 4.29. The Morgan fingerprint density at radius 3 is 2.56 bits per heavy atom. The number of methoxy groups -OCH3 is 1. The number of carbonyl (C=O) groups excluding carboxylic acids is 1. The maximum Gasteiger partial charge on any atom is 0.325 e. The van der Waals surface area contributed by atoms with Crippen LogP contribution >= 0.6 is 0 Å². The maximum atomic E-state index is 11.5. The lowest BCUT2D eigenvalue weighted by Gasteiger charge is -2.26. The highest BCUT2D eigenvalue weighted by atomic mass is 16.5. The number of nitrogens with one attached hydrogen (secondary N) is 1. The molecule has 2 unspecified atom stereocenters. The third kappa shape index (κ3) is 4.94. The fraction of sp³-hybridized carbons (Fsp3) is 0.917. The summed E-state index contributed by atoms with van der Waals surface area (Å²) in [6, 6.07) is 0. The van der Waals surface area contributed by atoms with Crippen molar-refractivity contribution in [1.82, 2.24) is 5.32 Å². The van der Waals surface area contributed by atoms with Crippen LogP contribution in [0.4, 0.5) is 0 Å².